The number of hydrogen-bond donors (Lipinski definition) is 2. The first-order valence-electron chi connectivity index (χ1n) is 11.6. The lowest BCUT2D eigenvalue weighted by molar-refractivity contribution is 0.0523. The number of rotatable bonds is 4. The van der Waals surface area contributed by atoms with Gasteiger partial charge in [-0.1, -0.05) is 26.0 Å². The highest BCUT2D eigenvalue weighted by atomic mass is 79.9. The molecule has 0 radical (unpaired) electrons. The third-order valence-electron chi connectivity index (χ3n) is 4.98. The van der Waals surface area contributed by atoms with Crippen LogP contribution in [0.1, 0.15) is 56.1 Å². The van der Waals surface area contributed by atoms with E-state index in [9.17, 15) is 9.59 Å². The smallest absolute Gasteiger partial charge is 0.407 e. The number of carbonyl (C=O) groups is 2. The van der Waals surface area contributed by atoms with E-state index in [1.54, 1.807) is 11.3 Å². The molecule has 2 aromatic carbocycles. The molecule has 0 unspecified atom stereocenters. The maximum absolute atomic E-state index is 13.0. The van der Waals surface area contributed by atoms with Gasteiger partial charge in [-0.05, 0) is 83.5 Å². The average Bonchev–Trinajstić information content (AvgIpc) is 3.20. The van der Waals surface area contributed by atoms with Gasteiger partial charge in [0, 0.05) is 33.6 Å². The van der Waals surface area contributed by atoms with Crippen molar-refractivity contribution in [2.75, 3.05) is 11.9 Å². The van der Waals surface area contributed by atoms with Gasteiger partial charge < -0.3 is 20.1 Å². The summed E-state index contributed by atoms with van der Waals surface area (Å²) in [6.45, 7) is 10.4. The Labute approximate surface area is 219 Å². The predicted octanol–water partition coefficient (Wildman–Crippen LogP) is 7.42. The summed E-state index contributed by atoms with van der Waals surface area (Å²) in [4.78, 5) is 26.0. The van der Waals surface area contributed by atoms with Gasteiger partial charge in [0.2, 0.25) is 0 Å². The molecular formula is C27H31BrN2O4S. The molecule has 0 saturated heterocycles. The Morgan fingerprint density at radius 2 is 1.83 bits per heavy atom. The largest absolute Gasteiger partial charge is 0.493 e. The van der Waals surface area contributed by atoms with Crippen molar-refractivity contribution in [1.29, 1.82) is 0 Å². The standard InChI is InChI=1S/C25H25BrN2O4S.C2H6/c1-25(2,3)32-24(30)27-14-15-4-6-17(7-5-15)28-23(29)18-12-19-21(13-20(18)26)31-10-8-16-9-11-33-22(16)19;1-2/h4-7,9,11-13H,8,10,14H2,1-3H3,(H,27,30)(H,28,29);1-2H3. The van der Waals surface area contributed by atoms with Crippen molar-refractivity contribution in [2.45, 2.75) is 53.2 Å². The number of carbonyl (C=O) groups excluding carboxylic acids is 2. The fourth-order valence-electron chi connectivity index (χ4n) is 3.46. The lowest BCUT2D eigenvalue weighted by atomic mass is 10.0. The van der Waals surface area contributed by atoms with Crippen molar-refractivity contribution in [3.8, 4) is 16.2 Å². The van der Waals surface area contributed by atoms with Crippen LogP contribution in [-0.4, -0.2) is 24.2 Å². The van der Waals surface area contributed by atoms with Gasteiger partial charge in [-0.3, -0.25) is 4.79 Å². The van der Waals surface area contributed by atoms with E-state index >= 15 is 0 Å². The van der Waals surface area contributed by atoms with Crippen LogP contribution in [-0.2, 0) is 17.7 Å². The second kappa shape index (κ2) is 11.7. The van der Waals surface area contributed by atoms with Crippen LogP contribution in [0.3, 0.4) is 0 Å². The molecule has 0 bridgehead atoms. The third-order valence-corrected chi connectivity index (χ3v) is 6.63. The van der Waals surface area contributed by atoms with Crippen molar-refractivity contribution in [3.05, 3.63) is 69.0 Å². The van der Waals surface area contributed by atoms with Gasteiger partial charge in [-0.15, -0.1) is 11.3 Å². The molecule has 0 atom stereocenters. The van der Waals surface area contributed by atoms with E-state index in [1.165, 1.54) is 5.56 Å². The Hall–Kier alpha value is -2.84. The molecule has 2 N–H and O–H groups in total. The SMILES string of the molecule is CC.CC(C)(C)OC(=O)NCc1ccc(NC(=O)c2cc3c(cc2Br)OCCc2ccsc2-3)cc1. The number of amides is 2. The minimum atomic E-state index is -0.542. The molecule has 1 aliphatic heterocycles. The Morgan fingerprint density at radius 1 is 1.11 bits per heavy atom. The van der Waals surface area contributed by atoms with Crippen molar-refractivity contribution in [3.63, 3.8) is 0 Å². The highest BCUT2D eigenvalue weighted by molar-refractivity contribution is 9.10. The molecule has 4 rings (SSSR count). The molecule has 1 aliphatic rings. The molecule has 0 fully saturated rings. The van der Waals surface area contributed by atoms with E-state index in [4.69, 9.17) is 9.47 Å². The molecule has 1 aromatic heterocycles. The van der Waals surface area contributed by atoms with Gasteiger partial charge in [0.1, 0.15) is 11.4 Å². The van der Waals surface area contributed by atoms with Crippen LogP contribution in [0.15, 0.2) is 52.3 Å². The number of nitrogens with one attached hydrogen (secondary N) is 2. The van der Waals surface area contributed by atoms with Gasteiger partial charge in [-0.2, -0.15) is 0 Å². The quantitative estimate of drug-likeness (QED) is 0.349. The topological polar surface area (TPSA) is 76.7 Å². The molecule has 0 aliphatic carbocycles. The molecule has 0 saturated carbocycles. The van der Waals surface area contributed by atoms with Crippen LogP contribution < -0.4 is 15.4 Å². The van der Waals surface area contributed by atoms with Crippen molar-refractivity contribution in [2.24, 2.45) is 0 Å². The molecule has 186 valence electrons. The summed E-state index contributed by atoms with van der Waals surface area (Å²) < 4.78 is 11.8. The van der Waals surface area contributed by atoms with Crippen LogP contribution in [0, 0.1) is 0 Å². The van der Waals surface area contributed by atoms with E-state index < -0.39 is 11.7 Å². The molecule has 2 heterocycles. The zero-order chi connectivity index (χ0) is 25.6. The minimum Gasteiger partial charge on any atom is -0.493 e. The normalized spacial score (nSPS) is 12.1. The number of alkyl carbamates (subject to hydrolysis) is 1. The molecule has 0 spiro atoms. The number of halogens is 1. The number of thiophene rings is 1. The lowest BCUT2D eigenvalue weighted by Crippen LogP contribution is -2.32. The maximum Gasteiger partial charge on any atom is 0.407 e. The monoisotopic (exact) mass is 558 g/mol. The highest BCUT2D eigenvalue weighted by Gasteiger charge is 2.21. The van der Waals surface area contributed by atoms with Crippen LogP contribution >= 0.6 is 27.3 Å². The molecule has 6 nitrogen and oxygen atoms in total. The fraction of sp³-hybridized carbons (Fsp3) is 0.333. The Bertz CT molecular complexity index is 1180. The Balaban J connectivity index is 0.00000167. The number of benzene rings is 2. The van der Waals surface area contributed by atoms with Gasteiger partial charge >= 0.3 is 6.09 Å². The van der Waals surface area contributed by atoms with Gasteiger partial charge in [0.15, 0.2) is 0 Å². The van der Waals surface area contributed by atoms with E-state index in [1.807, 2.05) is 71.0 Å². The summed E-state index contributed by atoms with van der Waals surface area (Å²) in [5.41, 5.74) is 3.73. The zero-order valence-corrected chi connectivity index (χ0v) is 23.1. The predicted molar refractivity (Wildman–Crippen MR) is 145 cm³/mol. The number of hydrogen-bond acceptors (Lipinski definition) is 5. The summed E-state index contributed by atoms with van der Waals surface area (Å²) in [6.07, 6.45) is 0.382. The molecule has 8 heteroatoms. The molecular weight excluding hydrogens is 528 g/mol. The lowest BCUT2D eigenvalue weighted by Gasteiger charge is -2.19. The van der Waals surface area contributed by atoms with Crippen LogP contribution in [0.25, 0.3) is 10.4 Å². The van der Waals surface area contributed by atoms with Crippen LogP contribution in [0.5, 0.6) is 5.75 Å². The van der Waals surface area contributed by atoms with Crippen molar-refractivity contribution < 1.29 is 19.1 Å². The van der Waals surface area contributed by atoms with E-state index in [-0.39, 0.29) is 5.91 Å². The second-order valence-corrected chi connectivity index (χ2v) is 10.5. The first kappa shape index (κ1) is 26.8. The molecule has 2 amide bonds. The first-order valence-corrected chi connectivity index (χ1v) is 13.3. The maximum atomic E-state index is 13.0. The van der Waals surface area contributed by atoms with Crippen LogP contribution in [0.4, 0.5) is 10.5 Å². The summed E-state index contributed by atoms with van der Waals surface area (Å²) in [7, 11) is 0. The van der Waals surface area contributed by atoms with E-state index in [2.05, 4.69) is 38.0 Å². The van der Waals surface area contributed by atoms with Crippen LogP contribution in [0.2, 0.25) is 0 Å². The van der Waals surface area contributed by atoms with E-state index in [0.29, 0.717) is 28.9 Å². The highest BCUT2D eigenvalue weighted by Crippen LogP contribution is 2.41. The van der Waals surface area contributed by atoms with Gasteiger partial charge in [-0.25, -0.2) is 4.79 Å². The molecule has 35 heavy (non-hydrogen) atoms. The second-order valence-electron chi connectivity index (χ2n) is 8.71. The van der Waals surface area contributed by atoms with Crippen molar-refractivity contribution >= 4 is 45.0 Å². The third kappa shape index (κ3) is 7.08. The van der Waals surface area contributed by atoms with E-state index in [0.717, 1.165) is 28.2 Å². The minimum absolute atomic E-state index is 0.216. The number of fused-ring (bicyclic) bond motifs is 3. The Morgan fingerprint density at radius 3 is 2.51 bits per heavy atom. The molecule has 3 aromatic rings. The summed E-state index contributed by atoms with van der Waals surface area (Å²) in [5.74, 6) is 0.563. The number of ether oxygens (including phenoxy) is 2. The van der Waals surface area contributed by atoms with Crippen molar-refractivity contribution in [1.82, 2.24) is 5.32 Å². The zero-order valence-electron chi connectivity index (χ0n) is 20.7. The van der Waals surface area contributed by atoms with Gasteiger partial charge in [0.25, 0.3) is 5.91 Å². The number of anilines is 1. The Kier molecular flexibility index (Phi) is 8.97. The fourth-order valence-corrected chi connectivity index (χ4v) is 4.94. The summed E-state index contributed by atoms with van der Waals surface area (Å²) in [5, 5.41) is 7.74. The average molecular weight is 560 g/mol. The first-order chi connectivity index (χ1) is 16.7. The summed E-state index contributed by atoms with van der Waals surface area (Å²) in [6, 6.07) is 13.2. The summed E-state index contributed by atoms with van der Waals surface area (Å²) >= 11 is 5.18. The van der Waals surface area contributed by atoms with Gasteiger partial charge in [0.05, 0.1) is 12.2 Å².